The molecule has 3 atom stereocenters. The van der Waals surface area contributed by atoms with Gasteiger partial charge in [-0.05, 0) is 49.6 Å². The van der Waals surface area contributed by atoms with E-state index in [1.165, 1.54) is 7.11 Å². The first kappa shape index (κ1) is 24.1. The van der Waals surface area contributed by atoms with E-state index in [-0.39, 0.29) is 17.8 Å². The fraction of sp³-hybridized carbons (Fsp3) is 0.417. The Morgan fingerprint density at radius 3 is 2.30 bits per heavy atom. The molecule has 0 aliphatic rings. The molecule has 5 nitrogen and oxygen atoms in total. The molecule has 0 heterocycles. The minimum Gasteiger partial charge on any atom is -0.497 e. The Bertz CT molecular complexity index is 935. The number of hydrogen-bond donors (Lipinski definition) is 0. The van der Waals surface area contributed by atoms with Gasteiger partial charge in [-0.1, -0.05) is 42.8 Å². The highest BCUT2D eigenvalue weighted by Crippen LogP contribution is 2.26. The van der Waals surface area contributed by atoms with Gasteiger partial charge < -0.3 is 14.2 Å². The van der Waals surface area contributed by atoms with Gasteiger partial charge in [-0.15, -0.1) is 6.58 Å². The van der Waals surface area contributed by atoms with Crippen molar-refractivity contribution in [2.75, 3.05) is 20.0 Å². The van der Waals surface area contributed by atoms with E-state index in [0.29, 0.717) is 11.3 Å². The SMILES string of the molecule is C=CC(C)OC(OC)C(C)CS(=O)(=O)c1ccc(C)cc1Cc1ccc(OC)cc1. The predicted octanol–water partition coefficient (Wildman–Crippen LogP) is 4.57. The minimum atomic E-state index is -3.55. The van der Waals surface area contributed by atoms with Gasteiger partial charge in [-0.25, -0.2) is 8.42 Å². The third kappa shape index (κ3) is 6.42. The van der Waals surface area contributed by atoms with Gasteiger partial charge in [-0.2, -0.15) is 0 Å². The molecular weight excluding hydrogens is 400 g/mol. The zero-order valence-corrected chi connectivity index (χ0v) is 19.2. The summed E-state index contributed by atoms with van der Waals surface area (Å²) in [5.74, 6) is 0.343. The molecule has 0 aliphatic carbocycles. The van der Waals surface area contributed by atoms with Crippen molar-refractivity contribution in [1.29, 1.82) is 0 Å². The molecule has 0 saturated carbocycles. The van der Waals surface area contributed by atoms with Crippen LogP contribution in [0.15, 0.2) is 60.0 Å². The summed E-state index contributed by atoms with van der Waals surface area (Å²) < 4.78 is 42.9. The number of hydrogen-bond acceptors (Lipinski definition) is 5. The van der Waals surface area contributed by atoms with Crippen LogP contribution in [0.3, 0.4) is 0 Å². The Kier molecular flexibility index (Phi) is 8.65. The summed E-state index contributed by atoms with van der Waals surface area (Å²) in [4.78, 5) is 0.349. The molecule has 0 aromatic heterocycles. The van der Waals surface area contributed by atoms with Crippen molar-refractivity contribution in [3.8, 4) is 5.75 Å². The van der Waals surface area contributed by atoms with Gasteiger partial charge in [0.1, 0.15) is 5.75 Å². The number of methoxy groups -OCH3 is 2. The largest absolute Gasteiger partial charge is 0.497 e. The van der Waals surface area contributed by atoms with Crippen molar-refractivity contribution in [2.24, 2.45) is 5.92 Å². The molecule has 0 saturated heterocycles. The average Bonchev–Trinajstić information content (AvgIpc) is 2.71. The molecule has 2 aromatic rings. The third-order valence-corrected chi connectivity index (χ3v) is 7.00. The number of rotatable bonds is 11. The maximum Gasteiger partial charge on any atom is 0.179 e. The molecule has 0 aliphatic heterocycles. The zero-order chi connectivity index (χ0) is 22.3. The summed E-state index contributed by atoms with van der Waals surface area (Å²) >= 11 is 0. The second-order valence-electron chi connectivity index (χ2n) is 7.58. The number of sulfone groups is 1. The summed E-state index contributed by atoms with van der Waals surface area (Å²) in [5, 5.41) is 0. The van der Waals surface area contributed by atoms with Gasteiger partial charge in [-0.3, -0.25) is 0 Å². The van der Waals surface area contributed by atoms with Crippen molar-refractivity contribution in [3.63, 3.8) is 0 Å². The second kappa shape index (κ2) is 10.8. The van der Waals surface area contributed by atoms with Crippen LogP contribution in [-0.2, 0) is 25.7 Å². The van der Waals surface area contributed by atoms with Gasteiger partial charge in [0.2, 0.25) is 0 Å². The Morgan fingerprint density at radius 2 is 1.73 bits per heavy atom. The maximum absolute atomic E-state index is 13.3. The Labute approximate surface area is 180 Å². The van der Waals surface area contributed by atoms with Crippen molar-refractivity contribution in [3.05, 3.63) is 71.8 Å². The van der Waals surface area contributed by atoms with Gasteiger partial charge in [0.05, 0.1) is 23.9 Å². The van der Waals surface area contributed by atoms with Crippen LogP contribution >= 0.6 is 0 Å². The highest BCUT2D eigenvalue weighted by molar-refractivity contribution is 7.91. The first-order chi connectivity index (χ1) is 14.2. The lowest BCUT2D eigenvalue weighted by Crippen LogP contribution is -2.32. The van der Waals surface area contributed by atoms with Crippen molar-refractivity contribution < 1.29 is 22.6 Å². The molecule has 0 fully saturated rings. The van der Waals surface area contributed by atoms with Crippen molar-refractivity contribution in [2.45, 2.75) is 44.5 Å². The molecule has 0 N–H and O–H groups in total. The maximum atomic E-state index is 13.3. The van der Waals surface area contributed by atoms with Crippen molar-refractivity contribution in [1.82, 2.24) is 0 Å². The molecule has 0 radical (unpaired) electrons. The molecule has 0 amide bonds. The van der Waals surface area contributed by atoms with Crippen LogP contribution in [-0.4, -0.2) is 40.8 Å². The van der Waals surface area contributed by atoms with E-state index >= 15 is 0 Å². The van der Waals surface area contributed by atoms with E-state index in [1.54, 1.807) is 19.3 Å². The quantitative estimate of drug-likeness (QED) is 0.385. The fourth-order valence-corrected chi connectivity index (χ4v) is 5.15. The summed E-state index contributed by atoms with van der Waals surface area (Å²) in [7, 11) is -0.410. The molecule has 0 bridgehead atoms. The second-order valence-corrected chi connectivity index (χ2v) is 9.58. The fourth-order valence-electron chi connectivity index (χ4n) is 3.32. The smallest absolute Gasteiger partial charge is 0.179 e. The van der Waals surface area contributed by atoms with Gasteiger partial charge >= 0.3 is 0 Å². The third-order valence-electron chi connectivity index (χ3n) is 4.96. The monoisotopic (exact) mass is 432 g/mol. The lowest BCUT2D eigenvalue weighted by molar-refractivity contribution is -0.162. The summed E-state index contributed by atoms with van der Waals surface area (Å²) in [6.07, 6.45) is 1.31. The number of aryl methyl sites for hydroxylation is 1. The molecule has 2 rings (SSSR count). The molecule has 2 aromatic carbocycles. The number of ether oxygens (including phenoxy) is 3. The van der Waals surface area contributed by atoms with Gasteiger partial charge in [0.15, 0.2) is 16.1 Å². The van der Waals surface area contributed by atoms with Gasteiger partial charge in [0, 0.05) is 13.0 Å². The van der Waals surface area contributed by atoms with Crippen LogP contribution in [0.4, 0.5) is 0 Å². The molecule has 164 valence electrons. The van der Waals surface area contributed by atoms with Gasteiger partial charge in [0.25, 0.3) is 0 Å². The Balaban J connectivity index is 2.28. The Morgan fingerprint density at radius 1 is 1.07 bits per heavy atom. The molecule has 0 spiro atoms. The Hall–Kier alpha value is -2.15. The van der Waals surface area contributed by atoms with E-state index in [0.717, 1.165) is 22.4 Å². The predicted molar refractivity (Wildman–Crippen MR) is 120 cm³/mol. The minimum absolute atomic E-state index is 0.0754. The van der Waals surface area contributed by atoms with E-state index in [9.17, 15) is 8.42 Å². The van der Waals surface area contributed by atoms with Crippen LogP contribution in [0.1, 0.15) is 30.5 Å². The van der Waals surface area contributed by atoms with E-state index in [4.69, 9.17) is 14.2 Å². The topological polar surface area (TPSA) is 61.8 Å². The van der Waals surface area contributed by atoms with Crippen LogP contribution < -0.4 is 4.74 Å². The van der Waals surface area contributed by atoms with Crippen LogP contribution in [0.5, 0.6) is 5.75 Å². The summed E-state index contributed by atoms with van der Waals surface area (Å²) in [6, 6.07) is 13.1. The highest BCUT2D eigenvalue weighted by atomic mass is 32.2. The average molecular weight is 433 g/mol. The summed E-state index contributed by atoms with van der Waals surface area (Å²) in [6.45, 7) is 9.31. The lowest BCUT2D eigenvalue weighted by atomic mass is 10.0. The molecule has 30 heavy (non-hydrogen) atoms. The van der Waals surface area contributed by atoms with E-state index in [1.807, 2.05) is 57.2 Å². The molecule has 3 unspecified atom stereocenters. The summed E-state index contributed by atoms with van der Waals surface area (Å²) in [5.41, 5.74) is 2.81. The molecular formula is C24H32O5S. The lowest BCUT2D eigenvalue weighted by Gasteiger charge is -2.25. The highest BCUT2D eigenvalue weighted by Gasteiger charge is 2.28. The van der Waals surface area contributed by atoms with Crippen LogP contribution in [0, 0.1) is 12.8 Å². The van der Waals surface area contributed by atoms with Crippen LogP contribution in [0.25, 0.3) is 0 Å². The number of benzene rings is 2. The zero-order valence-electron chi connectivity index (χ0n) is 18.4. The van der Waals surface area contributed by atoms with Crippen LogP contribution in [0.2, 0.25) is 0 Å². The van der Waals surface area contributed by atoms with E-state index in [2.05, 4.69) is 6.58 Å². The van der Waals surface area contributed by atoms with E-state index < -0.39 is 16.1 Å². The standard InChI is InChI=1S/C24H32O5S/c1-7-19(4)29-24(28-6)18(3)16-30(25,26)23-13-8-17(2)14-21(23)15-20-9-11-22(27-5)12-10-20/h7-14,18-19,24H,1,15-16H2,2-6H3. The normalized spacial score (nSPS) is 14.7. The first-order valence-electron chi connectivity index (χ1n) is 9.96. The van der Waals surface area contributed by atoms with Crippen molar-refractivity contribution >= 4 is 9.84 Å². The molecule has 6 heteroatoms. The first-order valence-corrected chi connectivity index (χ1v) is 11.6.